The molecule has 3 aromatic carbocycles. The fraction of sp³-hybridized carbons (Fsp3) is 0.200. The standard InChI is InChI=1S/C25H21ClF2N2O2/c1-15(2)24(16-3-6-18(26)7-4-16)25(31)32-23(14-29)17-5-12-21(28)22(13-17)30-20-10-8-19(27)9-11-20/h3-13,15,23-24,30H,1-2H3. The van der Waals surface area contributed by atoms with Gasteiger partial charge in [-0.2, -0.15) is 5.26 Å². The van der Waals surface area contributed by atoms with E-state index in [1.54, 1.807) is 24.3 Å². The summed E-state index contributed by atoms with van der Waals surface area (Å²) in [4.78, 5) is 13.0. The molecule has 0 bridgehead atoms. The summed E-state index contributed by atoms with van der Waals surface area (Å²) < 4.78 is 32.9. The highest BCUT2D eigenvalue weighted by Gasteiger charge is 2.29. The molecule has 4 nitrogen and oxygen atoms in total. The number of ether oxygens (including phenoxy) is 1. The van der Waals surface area contributed by atoms with Gasteiger partial charge in [-0.15, -0.1) is 0 Å². The highest BCUT2D eigenvalue weighted by Crippen LogP contribution is 2.31. The molecule has 3 aromatic rings. The normalized spacial score (nSPS) is 12.7. The number of hydrogen-bond acceptors (Lipinski definition) is 4. The fourth-order valence-corrected chi connectivity index (χ4v) is 3.44. The Labute approximate surface area is 190 Å². The number of hydrogen-bond donors (Lipinski definition) is 1. The summed E-state index contributed by atoms with van der Waals surface area (Å²) in [6.07, 6.45) is -1.23. The predicted octanol–water partition coefficient (Wildman–Crippen LogP) is 6.91. The van der Waals surface area contributed by atoms with E-state index < -0.39 is 29.6 Å². The van der Waals surface area contributed by atoms with Crippen molar-refractivity contribution in [3.63, 3.8) is 0 Å². The van der Waals surface area contributed by atoms with E-state index in [1.165, 1.54) is 42.5 Å². The Kier molecular flexibility index (Phi) is 7.45. The number of halogens is 3. The molecule has 0 spiro atoms. The first-order valence-electron chi connectivity index (χ1n) is 9.96. The first-order chi connectivity index (χ1) is 15.3. The molecular weight excluding hydrogens is 434 g/mol. The second kappa shape index (κ2) is 10.3. The molecule has 0 heterocycles. The quantitative estimate of drug-likeness (QED) is 0.394. The topological polar surface area (TPSA) is 62.1 Å². The van der Waals surface area contributed by atoms with Gasteiger partial charge in [-0.3, -0.25) is 4.79 Å². The third kappa shape index (κ3) is 5.63. The molecule has 0 aliphatic heterocycles. The number of esters is 1. The number of nitrogens with one attached hydrogen (secondary N) is 1. The molecule has 7 heteroatoms. The molecule has 0 saturated carbocycles. The summed E-state index contributed by atoms with van der Waals surface area (Å²) in [5.74, 6) is -2.23. The van der Waals surface area contributed by atoms with Gasteiger partial charge in [0.05, 0.1) is 11.6 Å². The summed E-state index contributed by atoms with van der Waals surface area (Å²) in [6.45, 7) is 3.76. The van der Waals surface area contributed by atoms with Crippen LogP contribution in [0.4, 0.5) is 20.2 Å². The van der Waals surface area contributed by atoms with Crippen LogP contribution in [0, 0.1) is 28.9 Å². The lowest BCUT2D eigenvalue weighted by Gasteiger charge is -2.22. The molecule has 1 N–H and O–H groups in total. The van der Waals surface area contributed by atoms with Crippen molar-refractivity contribution in [2.24, 2.45) is 5.92 Å². The van der Waals surface area contributed by atoms with Gasteiger partial charge in [0.25, 0.3) is 0 Å². The van der Waals surface area contributed by atoms with Crippen LogP contribution in [-0.2, 0) is 9.53 Å². The van der Waals surface area contributed by atoms with Crippen molar-refractivity contribution in [1.82, 2.24) is 0 Å². The Bertz CT molecular complexity index is 1130. The molecule has 0 radical (unpaired) electrons. The van der Waals surface area contributed by atoms with E-state index in [4.69, 9.17) is 16.3 Å². The van der Waals surface area contributed by atoms with Crippen LogP contribution in [-0.4, -0.2) is 5.97 Å². The largest absolute Gasteiger partial charge is 0.441 e. The van der Waals surface area contributed by atoms with Gasteiger partial charge >= 0.3 is 5.97 Å². The van der Waals surface area contributed by atoms with Crippen molar-refractivity contribution in [3.8, 4) is 6.07 Å². The average molecular weight is 455 g/mol. The monoisotopic (exact) mass is 454 g/mol. The van der Waals surface area contributed by atoms with E-state index in [0.717, 1.165) is 5.56 Å². The van der Waals surface area contributed by atoms with Crippen LogP contribution in [0.25, 0.3) is 0 Å². The molecule has 0 aromatic heterocycles. The van der Waals surface area contributed by atoms with Crippen LogP contribution in [0.1, 0.15) is 37.0 Å². The first-order valence-corrected chi connectivity index (χ1v) is 10.3. The summed E-state index contributed by atoms with van der Waals surface area (Å²) in [5.41, 5.74) is 1.58. The lowest BCUT2D eigenvalue weighted by Crippen LogP contribution is -2.22. The van der Waals surface area contributed by atoms with Crippen molar-refractivity contribution >= 4 is 28.9 Å². The van der Waals surface area contributed by atoms with Gasteiger partial charge in [0, 0.05) is 16.3 Å². The molecule has 0 fully saturated rings. The van der Waals surface area contributed by atoms with E-state index in [1.807, 2.05) is 19.9 Å². The molecule has 3 rings (SSSR count). The van der Waals surface area contributed by atoms with Gasteiger partial charge < -0.3 is 10.1 Å². The van der Waals surface area contributed by atoms with E-state index in [-0.39, 0.29) is 11.6 Å². The number of nitriles is 1. The maximum atomic E-state index is 14.3. The summed E-state index contributed by atoms with van der Waals surface area (Å²) in [5, 5.41) is 13.0. The van der Waals surface area contributed by atoms with E-state index in [9.17, 15) is 18.8 Å². The maximum absolute atomic E-state index is 14.3. The van der Waals surface area contributed by atoms with Crippen LogP contribution in [0.3, 0.4) is 0 Å². The van der Waals surface area contributed by atoms with Gasteiger partial charge in [-0.05, 0) is 60.0 Å². The van der Waals surface area contributed by atoms with Crippen molar-refractivity contribution in [3.05, 3.63) is 94.5 Å². The minimum absolute atomic E-state index is 0.0727. The van der Waals surface area contributed by atoms with Gasteiger partial charge in [0.15, 0.2) is 0 Å². The number of nitrogens with zero attached hydrogens (tertiary/aromatic N) is 1. The molecule has 0 aliphatic carbocycles. The SMILES string of the molecule is CC(C)C(C(=O)OC(C#N)c1ccc(F)c(Nc2ccc(F)cc2)c1)c1ccc(Cl)cc1. The Hall–Kier alpha value is -3.43. The van der Waals surface area contributed by atoms with E-state index in [0.29, 0.717) is 16.3 Å². The zero-order valence-corrected chi connectivity index (χ0v) is 18.2. The minimum Gasteiger partial charge on any atom is -0.441 e. The summed E-state index contributed by atoms with van der Waals surface area (Å²) in [7, 11) is 0. The number of anilines is 2. The average Bonchev–Trinajstić information content (AvgIpc) is 2.76. The third-order valence-corrected chi connectivity index (χ3v) is 5.17. The number of benzene rings is 3. The smallest absolute Gasteiger partial charge is 0.315 e. The number of carbonyl (C=O) groups excluding carboxylic acids is 1. The predicted molar refractivity (Wildman–Crippen MR) is 120 cm³/mol. The molecule has 0 aliphatic rings. The van der Waals surface area contributed by atoms with Crippen LogP contribution in [0.5, 0.6) is 0 Å². The molecule has 2 unspecified atom stereocenters. The number of rotatable bonds is 7. The molecular formula is C25H21ClF2N2O2. The molecule has 0 amide bonds. The van der Waals surface area contributed by atoms with Crippen molar-refractivity contribution in [2.75, 3.05) is 5.32 Å². The molecule has 2 atom stereocenters. The van der Waals surface area contributed by atoms with Crippen LogP contribution in [0.2, 0.25) is 5.02 Å². The van der Waals surface area contributed by atoms with Crippen molar-refractivity contribution in [1.29, 1.82) is 5.26 Å². The van der Waals surface area contributed by atoms with E-state index >= 15 is 0 Å². The number of carbonyl (C=O) groups is 1. The van der Waals surface area contributed by atoms with Gasteiger partial charge in [-0.1, -0.05) is 43.6 Å². The Morgan fingerprint density at radius 3 is 2.22 bits per heavy atom. The summed E-state index contributed by atoms with van der Waals surface area (Å²) >= 11 is 5.94. The van der Waals surface area contributed by atoms with Gasteiger partial charge in [0.2, 0.25) is 6.10 Å². The van der Waals surface area contributed by atoms with E-state index in [2.05, 4.69) is 5.32 Å². The van der Waals surface area contributed by atoms with Crippen LogP contribution >= 0.6 is 11.6 Å². The zero-order chi connectivity index (χ0) is 23.3. The molecule has 164 valence electrons. The van der Waals surface area contributed by atoms with Gasteiger partial charge in [0.1, 0.15) is 17.7 Å². The minimum atomic E-state index is -1.23. The Morgan fingerprint density at radius 2 is 1.62 bits per heavy atom. The Balaban J connectivity index is 1.82. The maximum Gasteiger partial charge on any atom is 0.315 e. The highest BCUT2D eigenvalue weighted by molar-refractivity contribution is 6.30. The van der Waals surface area contributed by atoms with Crippen LogP contribution in [0.15, 0.2) is 66.7 Å². The van der Waals surface area contributed by atoms with Gasteiger partial charge in [-0.25, -0.2) is 8.78 Å². The second-order valence-electron chi connectivity index (χ2n) is 7.59. The summed E-state index contributed by atoms with van der Waals surface area (Å²) in [6, 6.07) is 18.2. The fourth-order valence-electron chi connectivity index (χ4n) is 3.31. The molecule has 0 saturated heterocycles. The molecule has 32 heavy (non-hydrogen) atoms. The first kappa shape index (κ1) is 23.2. The Morgan fingerprint density at radius 1 is 1.00 bits per heavy atom. The lowest BCUT2D eigenvalue weighted by molar-refractivity contribution is -0.150. The van der Waals surface area contributed by atoms with Crippen LogP contribution < -0.4 is 5.32 Å². The zero-order valence-electron chi connectivity index (χ0n) is 17.5. The third-order valence-electron chi connectivity index (χ3n) is 4.92. The highest BCUT2D eigenvalue weighted by atomic mass is 35.5. The second-order valence-corrected chi connectivity index (χ2v) is 8.03. The van der Waals surface area contributed by atoms with Crippen molar-refractivity contribution in [2.45, 2.75) is 25.9 Å². The lowest BCUT2D eigenvalue weighted by atomic mass is 9.88. The van der Waals surface area contributed by atoms with Crippen molar-refractivity contribution < 1.29 is 18.3 Å².